The van der Waals surface area contributed by atoms with E-state index in [0.717, 1.165) is 24.1 Å². The number of hydrogen-bond acceptors (Lipinski definition) is 6. The molecule has 9 nitrogen and oxygen atoms in total. The predicted molar refractivity (Wildman–Crippen MR) is 145 cm³/mol. The molecule has 0 saturated heterocycles. The number of benzene rings is 1. The first-order valence-electron chi connectivity index (χ1n) is 14.2. The molecule has 0 spiro atoms. The van der Waals surface area contributed by atoms with Crippen LogP contribution in [0.3, 0.4) is 0 Å². The van der Waals surface area contributed by atoms with E-state index in [4.69, 9.17) is 4.74 Å². The zero-order chi connectivity index (χ0) is 28.6. The van der Waals surface area contributed by atoms with E-state index >= 15 is 0 Å². The monoisotopic (exact) mass is 548 g/mol. The number of fused-ring (bicyclic) bond motifs is 6. The van der Waals surface area contributed by atoms with E-state index in [1.54, 1.807) is 29.8 Å². The fraction of sp³-hybridized carbons (Fsp3) is 0.548. The number of ether oxygens (including phenoxy) is 1. The number of aliphatic hydroxyl groups is 1. The summed E-state index contributed by atoms with van der Waals surface area (Å²) in [4.78, 5) is 36.6. The summed E-state index contributed by atoms with van der Waals surface area (Å²) in [6.45, 7) is 5.78. The van der Waals surface area contributed by atoms with Gasteiger partial charge in [0.1, 0.15) is 0 Å². The van der Waals surface area contributed by atoms with Crippen molar-refractivity contribution in [3.63, 3.8) is 0 Å². The number of esters is 1. The molecule has 0 radical (unpaired) electrons. The highest BCUT2D eigenvalue weighted by molar-refractivity contribution is 5.88. The van der Waals surface area contributed by atoms with E-state index in [-0.39, 0.29) is 48.0 Å². The van der Waals surface area contributed by atoms with Gasteiger partial charge >= 0.3 is 17.9 Å². The average molecular weight is 549 g/mol. The van der Waals surface area contributed by atoms with E-state index in [9.17, 15) is 29.7 Å². The number of aliphatic hydroxyl groups excluding tert-OH is 1. The van der Waals surface area contributed by atoms with Crippen LogP contribution in [0.15, 0.2) is 36.0 Å². The number of nitrogens with zero attached hydrogens (tertiary/aromatic N) is 2. The molecular weight excluding hydrogens is 512 g/mol. The maximum Gasteiger partial charge on any atom is 0.348 e. The number of rotatable bonds is 5. The lowest BCUT2D eigenvalue weighted by Crippen LogP contribution is -2.63. The Hall–Kier alpha value is -3.46. The third kappa shape index (κ3) is 3.56. The zero-order valence-electron chi connectivity index (χ0n) is 23.1. The number of aliphatic carboxylic acids is 1. The summed E-state index contributed by atoms with van der Waals surface area (Å²) in [5.74, 6) is -2.58. The summed E-state index contributed by atoms with van der Waals surface area (Å²) in [7, 11) is 0. The van der Waals surface area contributed by atoms with Crippen LogP contribution in [0.25, 0.3) is 11.8 Å². The zero-order valence-corrected chi connectivity index (χ0v) is 23.1. The molecule has 3 fully saturated rings. The summed E-state index contributed by atoms with van der Waals surface area (Å²) in [6.07, 6.45) is 6.83. The number of carboxylic acids is 2. The minimum Gasteiger partial charge on any atom is -0.478 e. The first kappa shape index (κ1) is 26.7. The van der Waals surface area contributed by atoms with Gasteiger partial charge in [0, 0.05) is 11.8 Å². The fourth-order valence-corrected chi connectivity index (χ4v) is 8.98. The van der Waals surface area contributed by atoms with Crippen LogP contribution in [-0.4, -0.2) is 54.7 Å². The number of hydrogen-bond donors (Lipinski definition) is 3. The second kappa shape index (κ2) is 9.03. The number of allylic oxidation sites excluding steroid dienone is 1. The van der Waals surface area contributed by atoms with Gasteiger partial charge in [-0.1, -0.05) is 32.4 Å². The molecule has 0 amide bonds. The maximum atomic E-state index is 12.7. The second-order valence-electron chi connectivity index (χ2n) is 12.6. The number of aromatic carboxylic acids is 1. The van der Waals surface area contributed by atoms with E-state index in [2.05, 4.69) is 18.1 Å². The van der Waals surface area contributed by atoms with Crippen LogP contribution >= 0.6 is 0 Å². The SMILES string of the molecule is CCC(=O)O[C@]1(C(=O)O)CCC2[C@@H]3CCC4=Cc5c(cnn5-c5cccc(C(=O)O)c5)C[C@]4(C)C3[C@@H](O)C[C@@]21C. The second-order valence-corrected chi connectivity index (χ2v) is 12.6. The van der Waals surface area contributed by atoms with Crippen molar-refractivity contribution in [2.75, 3.05) is 0 Å². The van der Waals surface area contributed by atoms with Crippen molar-refractivity contribution in [2.24, 2.45) is 28.6 Å². The molecule has 4 aliphatic carbocycles. The number of carbonyl (C=O) groups is 3. The summed E-state index contributed by atoms with van der Waals surface area (Å²) in [5, 5.41) is 36.2. The van der Waals surface area contributed by atoms with Crippen molar-refractivity contribution < 1.29 is 34.4 Å². The summed E-state index contributed by atoms with van der Waals surface area (Å²) in [6, 6.07) is 6.73. The Labute approximate surface area is 232 Å². The molecule has 0 bridgehead atoms. The van der Waals surface area contributed by atoms with Crippen LogP contribution in [0.5, 0.6) is 0 Å². The van der Waals surface area contributed by atoms with Gasteiger partial charge in [-0.3, -0.25) is 4.79 Å². The minimum atomic E-state index is -1.63. The first-order chi connectivity index (χ1) is 18.9. The van der Waals surface area contributed by atoms with Gasteiger partial charge in [-0.2, -0.15) is 5.10 Å². The third-order valence-corrected chi connectivity index (χ3v) is 10.8. The molecule has 6 rings (SSSR count). The highest BCUT2D eigenvalue weighted by atomic mass is 16.6. The summed E-state index contributed by atoms with van der Waals surface area (Å²) >= 11 is 0. The van der Waals surface area contributed by atoms with Gasteiger partial charge in [0.2, 0.25) is 5.60 Å². The van der Waals surface area contributed by atoms with Crippen molar-refractivity contribution in [1.82, 2.24) is 9.78 Å². The van der Waals surface area contributed by atoms with Gasteiger partial charge in [-0.15, -0.1) is 0 Å². The van der Waals surface area contributed by atoms with Gasteiger partial charge in [0.05, 0.1) is 29.2 Å². The lowest BCUT2D eigenvalue weighted by Gasteiger charge is -2.60. The van der Waals surface area contributed by atoms with Gasteiger partial charge in [0.15, 0.2) is 0 Å². The quantitative estimate of drug-likeness (QED) is 0.464. The summed E-state index contributed by atoms with van der Waals surface area (Å²) < 4.78 is 7.53. The molecule has 9 heteroatoms. The van der Waals surface area contributed by atoms with Gasteiger partial charge < -0.3 is 20.1 Å². The fourth-order valence-electron chi connectivity index (χ4n) is 8.98. The first-order valence-corrected chi connectivity index (χ1v) is 14.2. The molecule has 40 heavy (non-hydrogen) atoms. The Morgan fingerprint density at radius 2 is 1.95 bits per heavy atom. The molecule has 3 saturated carbocycles. The Morgan fingerprint density at radius 3 is 2.65 bits per heavy atom. The molecule has 212 valence electrons. The highest BCUT2D eigenvalue weighted by Gasteiger charge is 2.71. The standard InChI is InChI=1S/C31H36N2O7/c1-4-25(35)40-31(28(38)39)11-10-22-21-9-8-19-13-23-18(14-29(19,2)26(21)24(34)15-30(22,31)3)16-32-33(23)20-7-5-6-17(12-20)27(36)37/h5-7,12-13,16,21-22,24,26,34H,4,8-11,14-15H2,1-3H3,(H,36,37)(H,38,39)/t21-,22?,24-,26?,29-,30-,31-/m0/s1. The topological polar surface area (TPSA) is 139 Å². The normalized spacial score (nSPS) is 36.0. The van der Waals surface area contributed by atoms with Crippen LogP contribution < -0.4 is 0 Å². The van der Waals surface area contributed by atoms with Crippen molar-refractivity contribution in [3.05, 3.63) is 52.9 Å². The van der Waals surface area contributed by atoms with Crippen LogP contribution in [0.4, 0.5) is 0 Å². The van der Waals surface area contributed by atoms with Crippen molar-refractivity contribution >= 4 is 24.0 Å². The Kier molecular flexibility index (Phi) is 6.04. The average Bonchev–Trinajstić information content (AvgIpc) is 3.44. The number of carbonyl (C=O) groups excluding carboxylic acids is 1. The van der Waals surface area contributed by atoms with Gasteiger partial charge in [-0.25, -0.2) is 14.3 Å². The number of carboxylic acid groups (broad SMARTS) is 2. The number of aromatic nitrogens is 2. The molecule has 7 atom stereocenters. The van der Waals surface area contributed by atoms with Crippen LogP contribution in [-0.2, 0) is 20.7 Å². The van der Waals surface area contributed by atoms with Crippen LogP contribution in [0.1, 0.15) is 80.9 Å². The van der Waals surface area contributed by atoms with Crippen molar-refractivity contribution in [2.45, 2.75) is 77.4 Å². The Morgan fingerprint density at radius 1 is 1.18 bits per heavy atom. The van der Waals surface area contributed by atoms with E-state index in [1.807, 2.05) is 19.2 Å². The molecule has 3 N–H and O–H groups in total. The molecule has 4 aliphatic rings. The Balaban J connectivity index is 1.36. The van der Waals surface area contributed by atoms with Crippen LogP contribution in [0, 0.1) is 28.6 Å². The molecule has 1 aromatic carbocycles. The molecule has 1 aromatic heterocycles. The minimum absolute atomic E-state index is 0.0166. The van der Waals surface area contributed by atoms with Gasteiger partial charge in [-0.05, 0) is 91.5 Å². The third-order valence-electron chi connectivity index (χ3n) is 10.8. The highest BCUT2D eigenvalue weighted by Crippen LogP contribution is 2.68. The van der Waals surface area contributed by atoms with E-state index < -0.39 is 35.0 Å². The maximum absolute atomic E-state index is 12.7. The molecule has 2 aromatic rings. The van der Waals surface area contributed by atoms with Crippen molar-refractivity contribution in [3.8, 4) is 5.69 Å². The lowest BCUT2D eigenvalue weighted by molar-refractivity contribution is -0.210. The summed E-state index contributed by atoms with van der Waals surface area (Å²) in [5.41, 5.74) is 1.27. The molecule has 2 unspecified atom stereocenters. The van der Waals surface area contributed by atoms with E-state index in [0.29, 0.717) is 18.5 Å². The molecule has 1 heterocycles. The molecular formula is C31H36N2O7. The smallest absolute Gasteiger partial charge is 0.348 e. The van der Waals surface area contributed by atoms with Gasteiger partial charge in [0.25, 0.3) is 0 Å². The van der Waals surface area contributed by atoms with E-state index in [1.165, 1.54) is 5.57 Å². The predicted octanol–water partition coefficient (Wildman–Crippen LogP) is 4.50. The largest absolute Gasteiger partial charge is 0.478 e. The Bertz CT molecular complexity index is 1440. The molecule has 0 aliphatic heterocycles. The van der Waals surface area contributed by atoms with Crippen LogP contribution in [0.2, 0.25) is 0 Å². The van der Waals surface area contributed by atoms with Crippen molar-refractivity contribution in [1.29, 1.82) is 0 Å². The lowest BCUT2D eigenvalue weighted by atomic mass is 9.45.